The van der Waals surface area contributed by atoms with Crippen molar-refractivity contribution in [3.8, 4) is 0 Å². The number of aromatic nitrogens is 2. The number of rotatable bonds is 4. The molecular formula is C15H26N4. The highest BCUT2D eigenvalue weighted by molar-refractivity contribution is 5.11. The summed E-state index contributed by atoms with van der Waals surface area (Å²) in [5.74, 6) is 0.896. The molecule has 1 saturated heterocycles. The van der Waals surface area contributed by atoms with Gasteiger partial charge in [0.1, 0.15) is 0 Å². The second-order valence-electron chi connectivity index (χ2n) is 6.43. The lowest BCUT2D eigenvalue weighted by Crippen LogP contribution is -2.59. The van der Waals surface area contributed by atoms with Crippen molar-refractivity contribution >= 4 is 0 Å². The van der Waals surface area contributed by atoms with Gasteiger partial charge < -0.3 is 5.32 Å². The molecule has 1 N–H and O–H groups in total. The molecule has 1 atom stereocenters. The molecule has 4 heteroatoms. The molecule has 2 heterocycles. The maximum Gasteiger partial charge on any atom is 0.0625 e. The molecule has 1 aromatic heterocycles. The molecule has 3 rings (SSSR count). The normalized spacial score (nSPS) is 28.8. The van der Waals surface area contributed by atoms with Crippen molar-refractivity contribution in [3.05, 3.63) is 17.5 Å². The van der Waals surface area contributed by atoms with Crippen molar-refractivity contribution in [2.75, 3.05) is 19.6 Å². The first-order valence-corrected chi connectivity index (χ1v) is 7.60. The van der Waals surface area contributed by atoms with Gasteiger partial charge in [-0.1, -0.05) is 6.92 Å². The molecule has 1 aliphatic heterocycles. The van der Waals surface area contributed by atoms with E-state index in [1.807, 2.05) is 0 Å². The van der Waals surface area contributed by atoms with Gasteiger partial charge in [0.05, 0.1) is 11.4 Å². The van der Waals surface area contributed by atoms with E-state index in [2.05, 4.69) is 47.0 Å². The summed E-state index contributed by atoms with van der Waals surface area (Å²) in [5.41, 5.74) is 2.89. The molecule has 106 valence electrons. The van der Waals surface area contributed by atoms with Crippen LogP contribution in [0, 0.1) is 5.92 Å². The maximum absolute atomic E-state index is 4.55. The van der Waals surface area contributed by atoms with Crippen LogP contribution in [0.25, 0.3) is 0 Å². The van der Waals surface area contributed by atoms with E-state index < -0.39 is 0 Å². The zero-order chi connectivity index (χ0) is 13.5. The van der Waals surface area contributed by atoms with Gasteiger partial charge in [0, 0.05) is 38.8 Å². The molecule has 1 unspecified atom stereocenters. The van der Waals surface area contributed by atoms with E-state index in [1.54, 1.807) is 0 Å². The zero-order valence-electron chi connectivity index (χ0n) is 12.4. The summed E-state index contributed by atoms with van der Waals surface area (Å²) in [6.07, 6.45) is 3.83. The predicted octanol–water partition coefficient (Wildman–Crippen LogP) is 1.56. The SMILES string of the molecule is CCc1cc(CN2CCNC(C)(C3CC3)C2)n(C)n1. The molecule has 1 aromatic rings. The molecule has 0 aromatic carbocycles. The van der Waals surface area contributed by atoms with Gasteiger partial charge >= 0.3 is 0 Å². The van der Waals surface area contributed by atoms with E-state index in [4.69, 9.17) is 0 Å². The minimum absolute atomic E-state index is 0.338. The molecule has 2 aliphatic rings. The van der Waals surface area contributed by atoms with Gasteiger partial charge in [0.15, 0.2) is 0 Å². The minimum Gasteiger partial charge on any atom is -0.309 e. The number of piperazine rings is 1. The first-order valence-electron chi connectivity index (χ1n) is 7.60. The monoisotopic (exact) mass is 262 g/mol. The lowest BCUT2D eigenvalue weighted by Gasteiger charge is -2.42. The molecule has 19 heavy (non-hydrogen) atoms. The maximum atomic E-state index is 4.55. The first-order chi connectivity index (χ1) is 9.10. The Kier molecular flexibility index (Phi) is 3.39. The van der Waals surface area contributed by atoms with Crippen LogP contribution in [0.15, 0.2) is 6.07 Å². The summed E-state index contributed by atoms with van der Waals surface area (Å²) in [7, 11) is 2.07. The highest BCUT2D eigenvalue weighted by Gasteiger charge is 2.43. The molecule has 0 bridgehead atoms. The van der Waals surface area contributed by atoms with Gasteiger partial charge in [-0.2, -0.15) is 5.10 Å². The second kappa shape index (κ2) is 4.91. The smallest absolute Gasteiger partial charge is 0.0625 e. The molecule has 1 saturated carbocycles. The average Bonchev–Trinajstić information content (AvgIpc) is 3.17. The van der Waals surface area contributed by atoms with Gasteiger partial charge in [0.2, 0.25) is 0 Å². The molecule has 4 nitrogen and oxygen atoms in total. The summed E-state index contributed by atoms with van der Waals surface area (Å²) >= 11 is 0. The fourth-order valence-corrected chi connectivity index (χ4v) is 3.35. The van der Waals surface area contributed by atoms with Crippen LogP contribution in [0.3, 0.4) is 0 Å². The fraction of sp³-hybridized carbons (Fsp3) is 0.800. The predicted molar refractivity (Wildman–Crippen MR) is 77.0 cm³/mol. The van der Waals surface area contributed by atoms with Crippen LogP contribution < -0.4 is 5.32 Å². The topological polar surface area (TPSA) is 33.1 Å². The number of hydrogen-bond donors (Lipinski definition) is 1. The van der Waals surface area contributed by atoms with Gasteiger partial charge in [-0.05, 0) is 38.2 Å². The number of nitrogens with zero attached hydrogens (tertiary/aromatic N) is 3. The van der Waals surface area contributed by atoms with Gasteiger partial charge in [-0.3, -0.25) is 9.58 Å². The lowest BCUT2D eigenvalue weighted by molar-refractivity contribution is 0.119. The van der Waals surface area contributed by atoms with Crippen molar-refractivity contribution in [2.45, 2.75) is 45.2 Å². The van der Waals surface area contributed by atoms with Crippen LogP contribution >= 0.6 is 0 Å². The molecule has 0 amide bonds. The van der Waals surface area contributed by atoms with Crippen molar-refractivity contribution in [2.24, 2.45) is 13.0 Å². The van der Waals surface area contributed by atoms with E-state index in [-0.39, 0.29) is 0 Å². The summed E-state index contributed by atoms with van der Waals surface area (Å²) in [4.78, 5) is 2.59. The lowest BCUT2D eigenvalue weighted by atomic mass is 9.93. The summed E-state index contributed by atoms with van der Waals surface area (Å²) in [5, 5.41) is 8.29. The Morgan fingerprint density at radius 1 is 1.47 bits per heavy atom. The Balaban J connectivity index is 1.67. The Bertz CT molecular complexity index is 449. The highest BCUT2D eigenvalue weighted by Crippen LogP contribution is 2.40. The molecule has 0 spiro atoms. The van der Waals surface area contributed by atoms with Crippen LogP contribution in [-0.2, 0) is 20.0 Å². The Morgan fingerprint density at radius 3 is 2.89 bits per heavy atom. The van der Waals surface area contributed by atoms with Crippen molar-refractivity contribution in [3.63, 3.8) is 0 Å². The van der Waals surface area contributed by atoms with Gasteiger partial charge in [-0.25, -0.2) is 0 Å². The molecular weight excluding hydrogens is 236 g/mol. The molecule has 0 radical (unpaired) electrons. The van der Waals surface area contributed by atoms with E-state index >= 15 is 0 Å². The largest absolute Gasteiger partial charge is 0.309 e. The van der Waals surface area contributed by atoms with E-state index in [1.165, 1.54) is 30.8 Å². The van der Waals surface area contributed by atoms with Crippen LogP contribution in [0.2, 0.25) is 0 Å². The van der Waals surface area contributed by atoms with Crippen LogP contribution in [-0.4, -0.2) is 39.9 Å². The van der Waals surface area contributed by atoms with Crippen LogP contribution in [0.4, 0.5) is 0 Å². The van der Waals surface area contributed by atoms with E-state index in [9.17, 15) is 0 Å². The summed E-state index contributed by atoms with van der Waals surface area (Å²) < 4.78 is 2.05. The van der Waals surface area contributed by atoms with Crippen molar-refractivity contribution in [1.82, 2.24) is 20.0 Å². The molecule has 1 aliphatic carbocycles. The summed E-state index contributed by atoms with van der Waals surface area (Å²) in [6.45, 7) is 9.04. The summed E-state index contributed by atoms with van der Waals surface area (Å²) in [6, 6.07) is 2.26. The third-order valence-electron chi connectivity index (χ3n) is 4.76. The average molecular weight is 262 g/mol. The van der Waals surface area contributed by atoms with Gasteiger partial charge in [0.25, 0.3) is 0 Å². The quantitative estimate of drug-likeness (QED) is 0.894. The molecule has 2 fully saturated rings. The fourth-order valence-electron chi connectivity index (χ4n) is 3.35. The standard InChI is InChI=1S/C15H26N4/c1-4-13-9-14(18(3)17-13)10-19-8-7-16-15(2,11-19)12-5-6-12/h9,12,16H,4-8,10-11H2,1-3H3. The minimum atomic E-state index is 0.338. The van der Waals surface area contributed by atoms with E-state index in [0.29, 0.717) is 5.54 Å². The van der Waals surface area contributed by atoms with E-state index in [0.717, 1.165) is 32.0 Å². The number of nitrogens with one attached hydrogen (secondary N) is 1. The zero-order valence-corrected chi connectivity index (χ0v) is 12.4. The first kappa shape index (κ1) is 13.1. The Hall–Kier alpha value is -0.870. The van der Waals surface area contributed by atoms with Crippen molar-refractivity contribution < 1.29 is 0 Å². The number of hydrogen-bond acceptors (Lipinski definition) is 3. The van der Waals surface area contributed by atoms with Gasteiger partial charge in [-0.15, -0.1) is 0 Å². The van der Waals surface area contributed by atoms with Crippen LogP contribution in [0.1, 0.15) is 38.1 Å². The third-order valence-corrected chi connectivity index (χ3v) is 4.76. The number of aryl methyl sites for hydroxylation is 2. The Labute approximate surface area is 116 Å². The highest BCUT2D eigenvalue weighted by atomic mass is 15.3. The third kappa shape index (κ3) is 2.70. The van der Waals surface area contributed by atoms with Crippen LogP contribution in [0.5, 0.6) is 0 Å². The second-order valence-corrected chi connectivity index (χ2v) is 6.43. The van der Waals surface area contributed by atoms with Crippen molar-refractivity contribution in [1.29, 1.82) is 0 Å². The Morgan fingerprint density at radius 2 is 2.26 bits per heavy atom.